The van der Waals surface area contributed by atoms with Crippen LogP contribution in [-0.4, -0.2) is 103 Å². The van der Waals surface area contributed by atoms with Crippen molar-refractivity contribution in [1.29, 1.82) is 0 Å². The van der Waals surface area contributed by atoms with Crippen molar-refractivity contribution >= 4 is 28.8 Å². The highest BCUT2D eigenvalue weighted by atomic mass is 16.5. The first-order valence-corrected chi connectivity index (χ1v) is 17.7. The van der Waals surface area contributed by atoms with E-state index in [0.29, 0.717) is 19.0 Å². The number of nitrogens with one attached hydrogen (secondary N) is 4. The van der Waals surface area contributed by atoms with Crippen LogP contribution in [0.4, 0.5) is 5.69 Å². The second-order valence-electron chi connectivity index (χ2n) is 14.0. The molecular formula is C39H48N8O4. The zero-order valence-corrected chi connectivity index (χ0v) is 29.8. The molecule has 4 aliphatic heterocycles. The van der Waals surface area contributed by atoms with Crippen molar-refractivity contribution in [2.24, 2.45) is 0 Å². The molecule has 0 radical (unpaired) electrons. The highest BCUT2D eigenvalue weighted by Crippen LogP contribution is 2.40. The highest BCUT2D eigenvalue weighted by molar-refractivity contribution is 5.89. The van der Waals surface area contributed by atoms with Crippen LogP contribution in [0.1, 0.15) is 59.5 Å². The molecule has 4 N–H and O–H groups in total. The summed E-state index contributed by atoms with van der Waals surface area (Å²) in [5, 5.41) is 17.0. The van der Waals surface area contributed by atoms with Gasteiger partial charge in [-0.15, -0.1) is 0 Å². The smallest absolute Gasteiger partial charge is 0.246 e. The number of hydrogen-bond acceptors (Lipinski definition) is 9. The van der Waals surface area contributed by atoms with E-state index in [-0.39, 0.29) is 23.9 Å². The van der Waals surface area contributed by atoms with E-state index in [2.05, 4.69) is 86.8 Å². The summed E-state index contributed by atoms with van der Waals surface area (Å²) in [4.78, 5) is 31.7. The Balaban J connectivity index is 0.868. The van der Waals surface area contributed by atoms with Crippen molar-refractivity contribution in [3.63, 3.8) is 0 Å². The van der Waals surface area contributed by atoms with E-state index >= 15 is 0 Å². The minimum absolute atomic E-state index is 0.0250. The van der Waals surface area contributed by atoms with Crippen LogP contribution in [0.2, 0.25) is 0 Å². The number of piperidine rings is 2. The van der Waals surface area contributed by atoms with Crippen LogP contribution >= 0.6 is 0 Å². The van der Waals surface area contributed by atoms with Gasteiger partial charge >= 0.3 is 0 Å². The number of anilines is 1. The van der Waals surface area contributed by atoms with Gasteiger partial charge in [-0.1, -0.05) is 25.3 Å². The molecule has 0 aliphatic carbocycles. The minimum atomic E-state index is -0.237. The van der Waals surface area contributed by atoms with Crippen molar-refractivity contribution in [3.05, 3.63) is 95.6 Å². The van der Waals surface area contributed by atoms with Gasteiger partial charge in [-0.3, -0.25) is 19.6 Å². The predicted molar refractivity (Wildman–Crippen MR) is 198 cm³/mol. The molecule has 0 saturated carbocycles. The van der Waals surface area contributed by atoms with Crippen LogP contribution in [0.25, 0.3) is 11.3 Å². The average Bonchev–Trinajstić information content (AvgIpc) is 3.62. The number of benzene rings is 2. The number of likely N-dealkylation sites (tertiary alicyclic amines) is 2. The number of amides is 2. The second kappa shape index (κ2) is 14.7. The molecule has 1 aromatic heterocycles. The normalized spacial score (nSPS) is 20.0. The maximum absolute atomic E-state index is 13.1. The van der Waals surface area contributed by atoms with E-state index in [0.717, 1.165) is 108 Å². The fourth-order valence-electron chi connectivity index (χ4n) is 7.57. The molecule has 2 aromatic carbocycles. The quantitative estimate of drug-likeness (QED) is 0.235. The summed E-state index contributed by atoms with van der Waals surface area (Å²) in [5.74, 6) is 2.09. The molecule has 3 fully saturated rings. The summed E-state index contributed by atoms with van der Waals surface area (Å²) in [6, 6.07) is 12.5. The number of rotatable bonds is 11. The van der Waals surface area contributed by atoms with Gasteiger partial charge < -0.3 is 35.2 Å². The lowest BCUT2D eigenvalue weighted by Crippen LogP contribution is -2.59. The molecule has 268 valence electrons. The number of allylic oxidation sites excluding steroid dienone is 1. The minimum Gasteiger partial charge on any atom is -0.496 e. The van der Waals surface area contributed by atoms with Crippen LogP contribution in [-0.2, 0) is 16.1 Å². The molecule has 1 atom stereocenters. The second-order valence-corrected chi connectivity index (χ2v) is 14.0. The molecule has 3 saturated heterocycles. The molecule has 12 heteroatoms. The average molecular weight is 693 g/mol. The van der Waals surface area contributed by atoms with Gasteiger partial charge in [-0.25, -0.2) is 0 Å². The number of aromatic nitrogens is 2. The Morgan fingerprint density at radius 3 is 2.41 bits per heavy atom. The number of nitrogens with zero attached hydrogens (tertiary/aromatic N) is 4. The number of aromatic amines is 1. The molecule has 1 unspecified atom stereocenters. The number of H-pyrrole nitrogens is 1. The molecule has 0 spiro atoms. The SMILES string of the molecule is C=C1CCC(Nc2ccc(C3CCN(C(=O)CNC4CN(Cc5c(OC)cc(C6=CN(C)C(=C)c7[nH]ncc76)cc5OC)C4)CC3)cc2)C(=O)N1. The van der Waals surface area contributed by atoms with Crippen molar-refractivity contribution < 1.29 is 19.1 Å². The number of fused-ring (bicyclic) bond motifs is 1. The van der Waals surface area contributed by atoms with Crippen molar-refractivity contribution in [1.82, 2.24) is 35.5 Å². The molecule has 7 rings (SSSR count). The molecule has 0 bridgehead atoms. The number of hydrogen-bond donors (Lipinski definition) is 4. The van der Waals surface area contributed by atoms with E-state index in [1.54, 1.807) is 14.2 Å². The Morgan fingerprint density at radius 1 is 1.04 bits per heavy atom. The Morgan fingerprint density at radius 2 is 1.75 bits per heavy atom. The van der Waals surface area contributed by atoms with Crippen molar-refractivity contribution in [2.75, 3.05) is 59.3 Å². The number of carbonyl (C=O) groups is 2. The Bertz CT molecular complexity index is 1810. The van der Waals surface area contributed by atoms with Crippen molar-refractivity contribution in [3.8, 4) is 11.5 Å². The van der Waals surface area contributed by atoms with Crippen LogP contribution in [0.15, 0.2) is 67.6 Å². The zero-order valence-electron chi connectivity index (χ0n) is 29.8. The fourth-order valence-corrected chi connectivity index (χ4v) is 7.57. The summed E-state index contributed by atoms with van der Waals surface area (Å²) in [6.45, 7) is 12.2. The van der Waals surface area contributed by atoms with Gasteiger partial charge in [0.2, 0.25) is 11.8 Å². The number of ether oxygens (including phenoxy) is 2. The first kappa shape index (κ1) is 34.4. The summed E-state index contributed by atoms with van der Waals surface area (Å²) in [7, 11) is 5.35. The maximum atomic E-state index is 13.1. The van der Waals surface area contributed by atoms with E-state index in [4.69, 9.17) is 9.47 Å². The van der Waals surface area contributed by atoms with Gasteiger partial charge in [0.25, 0.3) is 0 Å². The Kier molecular flexibility index (Phi) is 9.88. The van der Waals surface area contributed by atoms with Crippen LogP contribution in [0, 0.1) is 0 Å². The molecular weight excluding hydrogens is 644 g/mol. The van der Waals surface area contributed by atoms with Gasteiger partial charge in [-0.2, -0.15) is 5.10 Å². The van der Waals surface area contributed by atoms with Crippen molar-refractivity contribution in [2.45, 2.75) is 50.2 Å². The lowest BCUT2D eigenvalue weighted by Gasteiger charge is -2.40. The largest absolute Gasteiger partial charge is 0.496 e. The lowest BCUT2D eigenvalue weighted by atomic mass is 9.89. The summed E-state index contributed by atoms with van der Waals surface area (Å²) < 4.78 is 11.8. The first-order chi connectivity index (χ1) is 24.7. The zero-order chi connectivity index (χ0) is 35.6. The molecule has 51 heavy (non-hydrogen) atoms. The third-order valence-corrected chi connectivity index (χ3v) is 10.7. The standard InChI is InChI=1S/C39H48N8O4/c1-24-6-11-34(39(49)42-24)43-29-9-7-26(8-10-29)27-12-14-47(15-13-27)37(48)19-40-30-20-46(21-30)23-33-35(50-4)16-28(17-36(33)51-5)32-22-45(3)25(2)38-31(32)18-41-44-38/h7-10,16-18,22,27,30,34,40,43H,1-2,6,11-15,19-21,23H2,3-5H3,(H,41,44)(H,42,49). The topological polar surface area (TPSA) is 127 Å². The van der Waals surface area contributed by atoms with Gasteiger partial charge in [0.1, 0.15) is 17.5 Å². The number of carbonyl (C=O) groups excluding carboxylic acids is 2. The monoisotopic (exact) mass is 692 g/mol. The Labute approximate surface area is 299 Å². The third kappa shape index (κ3) is 7.24. The van der Waals surface area contributed by atoms with E-state index < -0.39 is 0 Å². The molecule has 5 heterocycles. The number of methoxy groups -OCH3 is 2. The van der Waals surface area contributed by atoms with Crippen LogP contribution < -0.4 is 25.4 Å². The fraction of sp³-hybridized carbons (Fsp3) is 0.410. The van der Waals surface area contributed by atoms with Crippen LogP contribution in [0.3, 0.4) is 0 Å². The summed E-state index contributed by atoms with van der Waals surface area (Å²) in [5.41, 5.74) is 8.74. The summed E-state index contributed by atoms with van der Waals surface area (Å²) in [6.07, 6.45) is 7.30. The predicted octanol–water partition coefficient (Wildman–Crippen LogP) is 4.12. The van der Waals surface area contributed by atoms with E-state index in [1.165, 1.54) is 5.56 Å². The van der Waals surface area contributed by atoms with Gasteiger partial charge in [-0.05, 0) is 67.0 Å². The third-order valence-electron chi connectivity index (χ3n) is 10.7. The highest BCUT2D eigenvalue weighted by Gasteiger charge is 2.31. The molecule has 12 nitrogen and oxygen atoms in total. The van der Waals surface area contributed by atoms with Crippen LogP contribution in [0.5, 0.6) is 11.5 Å². The van der Waals surface area contributed by atoms with E-state index in [1.807, 2.05) is 23.0 Å². The van der Waals surface area contributed by atoms with Gasteiger partial charge in [0.15, 0.2) is 0 Å². The Hall–Kier alpha value is -5.07. The van der Waals surface area contributed by atoms with E-state index in [9.17, 15) is 9.59 Å². The molecule has 2 amide bonds. The molecule has 4 aliphatic rings. The molecule has 3 aromatic rings. The summed E-state index contributed by atoms with van der Waals surface area (Å²) >= 11 is 0. The van der Waals surface area contributed by atoms with Gasteiger partial charge in [0, 0.05) is 74.5 Å². The van der Waals surface area contributed by atoms with Gasteiger partial charge in [0.05, 0.1) is 43.9 Å². The first-order valence-electron chi connectivity index (χ1n) is 17.7. The lowest BCUT2D eigenvalue weighted by molar-refractivity contribution is -0.131. The maximum Gasteiger partial charge on any atom is 0.246 e.